The quantitative estimate of drug-likeness (QED) is 0.721. The van der Waals surface area contributed by atoms with Crippen LogP contribution in [-0.4, -0.2) is 33.8 Å². The minimum atomic E-state index is -0.283. The smallest absolute Gasteiger partial charge is 0.219 e. The second kappa shape index (κ2) is 6.81. The van der Waals surface area contributed by atoms with E-state index in [9.17, 15) is 4.39 Å². The summed E-state index contributed by atoms with van der Waals surface area (Å²) < 4.78 is 21.5. The van der Waals surface area contributed by atoms with Gasteiger partial charge in [-0.2, -0.15) is 14.6 Å². The maximum Gasteiger partial charge on any atom is 0.219 e. The lowest BCUT2D eigenvalue weighted by Gasteiger charge is -2.23. The number of piperidine rings is 1. The molecule has 0 radical (unpaired) electrons. The fraction of sp³-hybridized carbons (Fsp3) is 0.400. The fourth-order valence-electron chi connectivity index (χ4n) is 3.59. The number of anilines is 2. The monoisotopic (exact) mass is 367 g/mol. The van der Waals surface area contributed by atoms with E-state index >= 15 is 0 Å². The first kappa shape index (κ1) is 16.5. The molecule has 0 amide bonds. The predicted molar refractivity (Wildman–Crippen MR) is 101 cm³/mol. The van der Waals surface area contributed by atoms with E-state index in [1.165, 1.54) is 25.0 Å². The summed E-state index contributed by atoms with van der Waals surface area (Å²) in [6.07, 6.45) is 6.47. The van der Waals surface area contributed by atoms with Crippen LogP contribution < -0.4 is 15.4 Å². The molecule has 3 aromatic rings. The van der Waals surface area contributed by atoms with Crippen molar-refractivity contribution in [2.45, 2.75) is 37.7 Å². The van der Waals surface area contributed by atoms with Crippen LogP contribution >= 0.6 is 0 Å². The minimum absolute atomic E-state index is 0.114. The van der Waals surface area contributed by atoms with Crippen LogP contribution in [0.25, 0.3) is 5.65 Å². The van der Waals surface area contributed by atoms with E-state index in [0.29, 0.717) is 17.5 Å². The number of rotatable bonds is 5. The highest BCUT2D eigenvalue weighted by molar-refractivity contribution is 5.63. The Morgan fingerprint density at radius 3 is 2.93 bits per heavy atom. The van der Waals surface area contributed by atoms with Gasteiger partial charge in [-0.15, -0.1) is 0 Å². The zero-order valence-electron chi connectivity index (χ0n) is 15.0. The third-order valence-corrected chi connectivity index (χ3v) is 5.13. The van der Waals surface area contributed by atoms with Crippen LogP contribution in [0.4, 0.5) is 15.9 Å². The molecule has 1 atom stereocenters. The van der Waals surface area contributed by atoms with Crippen LogP contribution in [0, 0.1) is 5.82 Å². The highest BCUT2D eigenvalue weighted by atomic mass is 19.1. The van der Waals surface area contributed by atoms with E-state index in [-0.39, 0.29) is 11.9 Å². The molecule has 2 N–H and O–H groups in total. The molecule has 7 heteroatoms. The molecule has 0 unspecified atom stereocenters. The van der Waals surface area contributed by atoms with Crippen molar-refractivity contribution in [3.8, 4) is 5.88 Å². The van der Waals surface area contributed by atoms with Crippen molar-refractivity contribution in [2.75, 3.05) is 18.4 Å². The van der Waals surface area contributed by atoms with Gasteiger partial charge in [-0.3, -0.25) is 0 Å². The van der Waals surface area contributed by atoms with Crippen LogP contribution in [0.2, 0.25) is 0 Å². The van der Waals surface area contributed by atoms with E-state index < -0.39 is 0 Å². The SMILES string of the molecule is Fc1cccc(Nc2cc(O[C@H]3CCCNC3)nc3c(C4CC4)cnn23)c1. The Balaban J connectivity index is 1.53. The average molecular weight is 367 g/mol. The first-order valence-corrected chi connectivity index (χ1v) is 9.55. The van der Waals surface area contributed by atoms with Gasteiger partial charge in [0.1, 0.15) is 17.7 Å². The molecule has 1 aromatic carbocycles. The Hall–Kier alpha value is -2.67. The Labute approximate surface area is 156 Å². The topological polar surface area (TPSA) is 63.5 Å². The molecule has 0 bridgehead atoms. The van der Waals surface area contributed by atoms with Crippen LogP contribution in [0.3, 0.4) is 0 Å². The van der Waals surface area contributed by atoms with Gasteiger partial charge in [0.25, 0.3) is 0 Å². The second-order valence-electron chi connectivity index (χ2n) is 7.31. The van der Waals surface area contributed by atoms with Gasteiger partial charge < -0.3 is 15.4 Å². The molecule has 2 fully saturated rings. The molecular formula is C20H22FN5O. The molecule has 2 aromatic heterocycles. The third-order valence-electron chi connectivity index (χ3n) is 5.13. The standard InChI is InChI=1S/C20H22FN5O/c21-14-3-1-4-15(9-14)24-18-10-19(27-16-5-2-8-22-11-16)25-20-17(13-6-7-13)12-23-26(18)20/h1,3-4,9-10,12-13,16,22,24H,2,5-8,11H2/t16-/m0/s1. The van der Waals surface area contributed by atoms with Crippen molar-refractivity contribution in [3.05, 3.63) is 47.9 Å². The minimum Gasteiger partial charge on any atom is -0.473 e. The molecule has 0 spiro atoms. The number of ether oxygens (including phenoxy) is 1. The van der Waals surface area contributed by atoms with Crippen LogP contribution in [0.5, 0.6) is 5.88 Å². The molecule has 1 aliphatic carbocycles. The first-order valence-electron chi connectivity index (χ1n) is 9.55. The Morgan fingerprint density at radius 2 is 2.15 bits per heavy atom. The van der Waals surface area contributed by atoms with Crippen molar-refractivity contribution >= 4 is 17.2 Å². The van der Waals surface area contributed by atoms with Crippen LogP contribution in [0.1, 0.15) is 37.2 Å². The summed E-state index contributed by atoms with van der Waals surface area (Å²) in [6, 6.07) is 8.24. The van der Waals surface area contributed by atoms with E-state index in [0.717, 1.165) is 43.0 Å². The first-order chi connectivity index (χ1) is 13.3. The zero-order chi connectivity index (χ0) is 18.2. The van der Waals surface area contributed by atoms with Crippen LogP contribution in [0.15, 0.2) is 36.5 Å². The normalized spacial score (nSPS) is 20.0. The van der Waals surface area contributed by atoms with Gasteiger partial charge in [0.05, 0.1) is 6.20 Å². The molecule has 3 heterocycles. The lowest BCUT2D eigenvalue weighted by Crippen LogP contribution is -2.37. The van der Waals surface area contributed by atoms with Gasteiger partial charge in [0.15, 0.2) is 5.65 Å². The van der Waals surface area contributed by atoms with Crippen molar-refractivity contribution < 1.29 is 9.13 Å². The van der Waals surface area contributed by atoms with E-state index in [1.54, 1.807) is 10.6 Å². The largest absolute Gasteiger partial charge is 0.473 e. The molecule has 6 nitrogen and oxygen atoms in total. The number of nitrogens with one attached hydrogen (secondary N) is 2. The predicted octanol–water partition coefficient (Wildman–Crippen LogP) is 3.62. The zero-order valence-corrected chi connectivity index (χ0v) is 15.0. The van der Waals surface area contributed by atoms with E-state index in [1.807, 2.05) is 18.3 Å². The Morgan fingerprint density at radius 1 is 1.22 bits per heavy atom. The molecule has 1 aliphatic heterocycles. The molecule has 27 heavy (non-hydrogen) atoms. The van der Waals surface area contributed by atoms with Gasteiger partial charge in [-0.25, -0.2) is 4.39 Å². The molecule has 5 rings (SSSR count). The maximum absolute atomic E-state index is 13.6. The van der Waals surface area contributed by atoms with E-state index in [4.69, 9.17) is 9.72 Å². The average Bonchev–Trinajstić information content (AvgIpc) is 3.42. The highest BCUT2D eigenvalue weighted by Crippen LogP contribution is 2.42. The van der Waals surface area contributed by atoms with Crippen molar-refractivity contribution in [1.82, 2.24) is 19.9 Å². The number of hydrogen-bond donors (Lipinski definition) is 2. The number of halogens is 1. The number of hydrogen-bond acceptors (Lipinski definition) is 5. The summed E-state index contributed by atoms with van der Waals surface area (Å²) in [5.41, 5.74) is 2.64. The summed E-state index contributed by atoms with van der Waals surface area (Å²) in [5, 5.41) is 11.1. The Kier molecular flexibility index (Phi) is 4.16. The number of fused-ring (bicyclic) bond motifs is 1. The fourth-order valence-corrected chi connectivity index (χ4v) is 3.59. The van der Waals surface area contributed by atoms with Gasteiger partial charge in [0.2, 0.25) is 5.88 Å². The summed E-state index contributed by atoms with van der Waals surface area (Å²) in [6.45, 7) is 1.86. The second-order valence-corrected chi connectivity index (χ2v) is 7.31. The van der Waals surface area contributed by atoms with Gasteiger partial charge in [-0.1, -0.05) is 6.07 Å². The van der Waals surface area contributed by atoms with Crippen molar-refractivity contribution in [3.63, 3.8) is 0 Å². The lowest BCUT2D eigenvalue weighted by molar-refractivity contribution is 0.161. The molecule has 2 aliphatic rings. The number of nitrogens with zero attached hydrogens (tertiary/aromatic N) is 3. The van der Waals surface area contributed by atoms with Crippen molar-refractivity contribution in [1.29, 1.82) is 0 Å². The van der Waals surface area contributed by atoms with Gasteiger partial charge >= 0.3 is 0 Å². The van der Waals surface area contributed by atoms with Gasteiger partial charge in [-0.05, 0) is 56.3 Å². The van der Waals surface area contributed by atoms with Gasteiger partial charge in [0, 0.05) is 23.9 Å². The summed E-state index contributed by atoms with van der Waals surface area (Å²) in [4.78, 5) is 4.75. The number of benzene rings is 1. The van der Waals surface area contributed by atoms with E-state index in [2.05, 4.69) is 15.7 Å². The molecule has 1 saturated heterocycles. The lowest BCUT2D eigenvalue weighted by atomic mass is 10.1. The maximum atomic E-state index is 13.6. The molecule has 1 saturated carbocycles. The highest BCUT2D eigenvalue weighted by Gasteiger charge is 2.28. The van der Waals surface area contributed by atoms with Crippen molar-refractivity contribution in [2.24, 2.45) is 0 Å². The molecule has 140 valence electrons. The summed E-state index contributed by atoms with van der Waals surface area (Å²) in [5.74, 6) is 1.55. The summed E-state index contributed by atoms with van der Waals surface area (Å²) >= 11 is 0. The molecular weight excluding hydrogens is 345 g/mol. The summed E-state index contributed by atoms with van der Waals surface area (Å²) in [7, 11) is 0. The number of aromatic nitrogens is 3. The van der Waals surface area contributed by atoms with Crippen LogP contribution in [-0.2, 0) is 0 Å². The Bertz CT molecular complexity index is 962. The third kappa shape index (κ3) is 3.47.